The maximum Gasteiger partial charge on any atom is 0.246 e. The van der Waals surface area contributed by atoms with Crippen molar-refractivity contribution < 1.29 is 9.53 Å². The van der Waals surface area contributed by atoms with E-state index in [1.54, 1.807) is 17.5 Å². The van der Waals surface area contributed by atoms with Crippen LogP contribution in [0, 0.1) is 6.92 Å². The smallest absolute Gasteiger partial charge is 0.246 e. The zero-order valence-corrected chi connectivity index (χ0v) is 9.19. The Bertz CT molecular complexity index is 299. The van der Waals surface area contributed by atoms with E-state index in [0.29, 0.717) is 13.2 Å². The molecule has 0 aromatic carbocycles. The Morgan fingerprint density at radius 1 is 1.71 bits per heavy atom. The molecule has 4 nitrogen and oxygen atoms in total. The summed E-state index contributed by atoms with van der Waals surface area (Å²) in [6.45, 7) is 5.04. The monoisotopic (exact) mass is 214 g/mol. The first kappa shape index (κ1) is 11.1. The molecule has 0 fully saturated rings. The molecule has 0 radical (unpaired) electrons. The summed E-state index contributed by atoms with van der Waals surface area (Å²) in [5.74, 6) is -0.0853. The molecule has 0 saturated carbocycles. The zero-order valence-electron chi connectivity index (χ0n) is 8.37. The van der Waals surface area contributed by atoms with Crippen molar-refractivity contribution in [3.8, 4) is 0 Å². The van der Waals surface area contributed by atoms with Gasteiger partial charge in [-0.1, -0.05) is 0 Å². The van der Waals surface area contributed by atoms with Crippen LogP contribution in [0.5, 0.6) is 0 Å². The third-order valence-corrected chi connectivity index (χ3v) is 2.48. The molecule has 1 amide bonds. The van der Waals surface area contributed by atoms with Crippen LogP contribution < -0.4 is 5.32 Å². The van der Waals surface area contributed by atoms with Crippen LogP contribution in [0.2, 0.25) is 0 Å². The van der Waals surface area contributed by atoms with E-state index in [2.05, 4.69) is 10.3 Å². The van der Waals surface area contributed by atoms with E-state index in [1.807, 2.05) is 13.8 Å². The number of carbonyl (C=O) groups excluding carboxylic acids is 1. The van der Waals surface area contributed by atoms with Gasteiger partial charge in [-0.25, -0.2) is 4.98 Å². The second-order valence-corrected chi connectivity index (χ2v) is 4.08. The van der Waals surface area contributed by atoms with Crippen molar-refractivity contribution in [1.82, 2.24) is 10.3 Å². The first-order valence-electron chi connectivity index (χ1n) is 4.48. The van der Waals surface area contributed by atoms with Gasteiger partial charge in [-0.2, -0.15) is 0 Å². The summed E-state index contributed by atoms with van der Waals surface area (Å²) in [5, 5.41) is 3.77. The van der Waals surface area contributed by atoms with Gasteiger partial charge in [0.05, 0.1) is 11.6 Å². The van der Waals surface area contributed by atoms with E-state index >= 15 is 0 Å². The minimum Gasteiger partial charge on any atom is -0.372 e. The number of ether oxygens (including phenoxy) is 1. The summed E-state index contributed by atoms with van der Waals surface area (Å²) in [4.78, 5) is 16.3. The molecule has 1 N–H and O–H groups in total. The number of rotatable bonds is 5. The number of nitrogens with zero attached hydrogens (tertiary/aromatic N) is 1. The minimum absolute atomic E-state index is 0.0853. The van der Waals surface area contributed by atoms with Crippen molar-refractivity contribution in [2.24, 2.45) is 0 Å². The fourth-order valence-corrected chi connectivity index (χ4v) is 1.65. The maximum absolute atomic E-state index is 11.1. The minimum atomic E-state index is -0.0853. The summed E-state index contributed by atoms with van der Waals surface area (Å²) in [6.07, 6.45) is 1.78. The van der Waals surface area contributed by atoms with Gasteiger partial charge in [-0.05, 0) is 13.8 Å². The zero-order chi connectivity index (χ0) is 10.4. The quantitative estimate of drug-likeness (QED) is 0.798. The fraction of sp³-hybridized carbons (Fsp3) is 0.556. The van der Waals surface area contributed by atoms with Crippen LogP contribution in [-0.4, -0.2) is 24.1 Å². The van der Waals surface area contributed by atoms with E-state index in [1.165, 1.54) is 0 Å². The number of aryl methyl sites for hydroxylation is 1. The molecule has 0 spiro atoms. The normalized spacial score (nSPS) is 10.1. The molecule has 1 heterocycles. The van der Waals surface area contributed by atoms with Crippen molar-refractivity contribution in [1.29, 1.82) is 0 Å². The Hall–Kier alpha value is -0.940. The first-order chi connectivity index (χ1) is 6.72. The lowest BCUT2D eigenvalue weighted by Gasteiger charge is -2.02. The summed E-state index contributed by atoms with van der Waals surface area (Å²) < 4.78 is 4.96. The predicted octanol–water partition coefficient (Wildman–Crippen LogP) is 1.10. The van der Waals surface area contributed by atoms with Crippen LogP contribution in [0.4, 0.5) is 0 Å². The molecule has 0 saturated heterocycles. The Kier molecular flexibility index (Phi) is 4.55. The third-order valence-electron chi connectivity index (χ3n) is 1.57. The van der Waals surface area contributed by atoms with Crippen molar-refractivity contribution in [2.45, 2.75) is 20.4 Å². The number of nitrogens with one attached hydrogen (secondary N) is 1. The Morgan fingerprint density at radius 3 is 3.07 bits per heavy atom. The van der Waals surface area contributed by atoms with Gasteiger partial charge in [0, 0.05) is 17.7 Å². The highest BCUT2D eigenvalue weighted by molar-refractivity contribution is 7.11. The van der Waals surface area contributed by atoms with E-state index in [-0.39, 0.29) is 12.5 Å². The number of amides is 1. The highest BCUT2D eigenvalue weighted by Crippen LogP contribution is 2.10. The number of hydrogen-bond acceptors (Lipinski definition) is 4. The van der Waals surface area contributed by atoms with E-state index < -0.39 is 0 Å². The van der Waals surface area contributed by atoms with E-state index in [9.17, 15) is 4.79 Å². The van der Waals surface area contributed by atoms with Gasteiger partial charge in [0.1, 0.15) is 6.61 Å². The molecule has 0 unspecified atom stereocenters. The molecule has 0 atom stereocenters. The molecule has 0 aliphatic rings. The molecule has 1 aromatic heterocycles. The number of hydrogen-bond donors (Lipinski definition) is 1. The molecule has 1 rings (SSSR count). The second-order valence-electron chi connectivity index (χ2n) is 2.76. The molecule has 14 heavy (non-hydrogen) atoms. The number of thiazole rings is 1. The SMILES string of the molecule is CCOCC(=O)NCc1cnc(C)s1. The molecular weight excluding hydrogens is 200 g/mol. The molecule has 1 aromatic rings. The number of aromatic nitrogens is 1. The van der Waals surface area contributed by atoms with Gasteiger partial charge in [0.25, 0.3) is 0 Å². The molecule has 0 bridgehead atoms. The lowest BCUT2D eigenvalue weighted by atomic mass is 10.5. The molecule has 0 aliphatic carbocycles. The van der Waals surface area contributed by atoms with E-state index in [4.69, 9.17) is 4.74 Å². The molecule has 78 valence electrons. The highest BCUT2D eigenvalue weighted by Gasteiger charge is 2.02. The van der Waals surface area contributed by atoms with Crippen LogP contribution in [0.1, 0.15) is 16.8 Å². The van der Waals surface area contributed by atoms with Crippen molar-refractivity contribution in [3.63, 3.8) is 0 Å². The van der Waals surface area contributed by atoms with Crippen molar-refractivity contribution >= 4 is 17.2 Å². The summed E-state index contributed by atoms with van der Waals surface area (Å²) in [5.41, 5.74) is 0. The molecule has 0 aliphatic heterocycles. The molecular formula is C9H14N2O2S. The van der Waals surface area contributed by atoms with Gasteiger partial charge in [0.15, 0.2) is 0 Å². The summed E-state index contributed by atoms with van der Waals surface area (Å²) in [6, 6.07) is 0. The van der Waals surface area contributed by atoms with E-state index in [0.717, 1.165) is 9.88 Å². The second kappa shape index (κ2) is 5.72. The largest absolute Gasteiger partial charge is 0.372 e. The average Bonchev–Trinajstić information content (AvgIpc) is 2.58. The predicted molar refractivity (Wildman–Crippen MR) is 55.2 cm³/mol. The van der Waals surface area contributed by atoms with Gasteiger partial charge < -0.3 is 10.1 Å². The van der Waals surface area contributed by atoms with Crippen LogP contribution in [0.15, 0.2) is 6.20 Å². The van der Waals surface area contributed by atoms with Gasteiger partial charge in [-0.15, -0.1) is 11.3 Å². The Balaban J connectivity index is 2.23. The van der Waals surface area contributed by atoms with Crippen LogP contribution in [-0.2, 0) is 16.1 Å². The first-order valence-corrected chi connectivity index (χ1v) is 5.29. The standard InChI is InChI=1S/C9H14N2O2S/c1-3-13-6-9(12)11-5-8-4-10-7(2)14-8/h4H,3,5-6H2,1-2H3,(H,11,12). The van der Waals surface area contributed by atoms with Crippen LogP contribution in [0.25, 0.3) is 0 Å². The topological polar surface area (TPSA) is 51.2 Å². The fourth-order valence-electron chi connectivity index (χ4n) is 0.919. The van der Waals surface area contributed by atoms with Crippen LogP contribution >= 0.6 is 11.3 Å². The summed E-state index contributed by atoms with van der Waals surface area (Å²) >= 11 is 1.59. The van der Waals surface area contributed by atoms with Gasteiger partial charge >= 0.3 is 0 Å². The van der Waals surface area contributed by atoms with Gasteiger partial charge in [-0.3, -0.25) is 4.79 Å². The maximum atomic E-state index is 11.1. The summed E-state index contributed by atoms with van der Waals surface area (Å²) in [7, 11) is 0. The molecule has 5 heteroatoms. The average molecular weight is 214 g/mol. The lowest BCUT2D eigenvalue weighted by molar-refractivity contribution is -0.125. The highest BCUT2D eigenvalue weighted by atomic mass is 32.1. The lowest BCUT2D eigenvalue weighted by Crippen LogP contribution is -2.26. The third kappa shape index (κ3) is 3.85. The van der Waals surface area contributed by atoms with Crippen molar-refractivity contribution in [3.05, 3.63) is 16.1 Å². The Morgan fingerprint density at radius 2 is 2.50 bits per heavy atom. The Labute approximate surface area is 87.3 Å². The van der Waals surface area contributed by atoms with Crippen LogP contribution in [0.3, 0.4) is 0 Å². The van der Waals surface area contributed by atoms with Crippen molar-refractivity contribution in [2.75, 3.05) is 13.2 Å². The number of carbonyl (C=O) groups is 1. The van der Waals surface area contributed by atoms with Gasteiger partial charge in [0.2, 0.25) is 5.91 Å².